The molecule has 0 spiro atoms. The van der Waals surface area contributed by atoms with Gasteiger partial charge < -0.3 is 33.5 Å². The van der Waals surface area contributed by atoms with E-state index in [2.05, 4.69) is 105 Å². The molecule has 0 radical (unpaired) electrons. The molecule has 13 nitrogen and oxygen atoms in total. The van der Waals surface area contributed by atoms with Crippen molar-refractivity contribution in [1.29, 1.82) is 0 Å². The van der Waals surface area contributed by atoms with Crippen LogP contribution in [0.15, 0.2) is 122 Å². The van der Waals surface area contributed by atoms with Crippen LogP contribution in [0.3, 0.4) is 0 Å². The number of aromatic nitrogens is 4. The highest BCUT2D eigenvalue weighted by Crippen LogP contribution is 2.47. The van der Waals surface area contributed by atoms with Crippen LogP contribution in [0.25, 0.3) is 65.9 Å². The number of aromatic amines is 3. The second kappa shape index (κ2) is 21.8. The lowest BCUT2D eigenvalue weighted by molar-refractivity contribution is -0.124. The molecular weight excluding hydrogens is 1140 g/mol. The summed E-state index contributed by atoms with van der Waals surface area (Å²) in [5.41, 5.74) is 6.70. The number of amides is 4. The van der Waals surface area contributed by atoms with E-state index in [9.17, 15) is 24.3 Å². The fraction of sp³-hybridized carbons (Fsp3) is 0.290. The Labute approximate surface area is 492 Å². The first-order valence-electron chi connectivity index (χ1n) is 26.8. The summed E-state index contributed by atoms with van der Waals surface area (Å²) in [5.74, 6) is -1.83. The SMILES string of the molecule is CC(C)(C)[Si](C)(C)O[C@@H]1C=C[C@H](O)C1.CC(C)(C)[Si](C)(C)O[C@H]1C=C[C@H](n2c(Cl)c(C3=C(c4c[nH]c5ccccc45)C(=O)NC3=O)c3ccc(Cl)cc32)C1.O=C1NC(=O)C(c2c(Cl)[nH]c3cc(Cl)ccc23)=C1c1c[nH]c2ccccc12. The Balaban J connectivity index is 0.000000154. The minimum atomic E-state index is -1.99. The number of nitrogens with one attached hydrogen (secondary N) is 5. The number of hydrogen-bond donors (Lipinski definition) is 6. The van der Waals surface area contributed by atoms with Crippen molar-refractivity contribution < 1.29 is 33.1 Å². The van der Waals surface area contributed by atoms with Crippen molar-refractivity contribution in [2.45, 2.75) is 115 Å². The first-order valence-corrected chi connectivity index (χ1v) is 34.2. The molecule has 0 fully saturated rings. The first kappa shape index (κ1) is 58.0. The van der Waals surface area contributed by atoms with Gasteiger partial charge in [-0.2, -0.15) is 0 Å². The summed E-state index contributed by atoms with van der Waals surface area (Å²) >= 11 is 26.1. The molecule has 4 aromatic carbocycles. The highest BCUT2D eigenvalue weighted by atomic mass is 35.5. The highest BCUT2D eigenvalue weighted by molar-refractivity contribution is 6.74. The topological polar surface area (TPSA) is 183 Å². The molecule has 2 aliphatic heterocycles. The van der Waals surface area contributed by atoms with Gasteiger partial charge in [0.25, 0.3) is 23.6 Å². The van der Waals surface area contributed by atoms with Gasteiger partial charge in [-0.3, -0.25) is 29.8 Å². The lowest BCUT2D eigenvalue weighted by Gasteiger charge is -2.38. The molecule has 4 aromatic heterocycles. The average molecular weight is 1200 g/mol. The largest absolute Gasteiger partial charge is 0.410 e. The standard InChI is InChI=1S/C31H31Cl2N3O3Si.C20H11Cl2N3O2.C11H22O2Si/c1-31(2,3)40(4,5)39-19-12-11-18(15-19)36-24-14-17(32)10-13-21(24)25(28(36)33)27-26(29(37)35-30(27)38)22-16-34-23-9-7-6-8-20(22)23;21-9-5-6-11-14(7-9)24-18(22)15(11)17-16(19(26)25-20(17)27)12-8-23-13-4-2-1-3-10(12)13;1-11(2,3)14(4,5)13-10-7-6-9(12)8-10/h6-14,16,18-19,34H,15H2,1-5H3,(H,35,37,38);1-8,23-24H,(H,25,26,27);6-7,9-10,12H,8H2,1-5H3/t18-,19-;;9-,10+/m0.0/s1. The number of hydrogen-bond acceptors (Lipinski definition) is 7. The molecule has 81 heavy (non-hydrogen) atoms. The van der Waals surface area contributed by atoms with Gasteiger partial charge in [0.2, 0.25) is 0 Å². The lowest BCUT2D eigenvalue weighted by Crippen LogP contribution is -2.43. The number of allylic oxidation sites excluding steroid dienone is 1. The summed E-state index contributed by atoms with van der Waals surface area (Å²) in [4.78, 5) is 61.4. The zero-order valence-electron chi connectivity index (χ0n) is 46.6. The molecule has 420 valence electrons. The van der Waals surface area contributed by atoms with Gasteiger partial charge in [-0.25, -0.2) is 0 Å². The van der Waals surface area contributed by atoms with Crippen LogP contribution in [0, 0.1) is 0 Å². The van der Waals surface area contributed by atoms with Crippen LogP contribution in [0.1, 0.15) is 82.7 Å². The van der Waals surface area contributed by atoms with Gasteiger partial charge >= 0.3 is 0 Å². The van der Waals surface area contributed by atoms with E-state index < -0.39 is 40.3 Å². The van der Waals surface area contributed by atoms with Crippen molar-refractivity contribution >= 4 is 153 Å². The Kier molecular flexibility index (Phi) is 15.6. The van der Waals surface area contributed by atoms with Gasteiger partial charge in [0, 0.05) is 95.6 Å². The Hall–Kier alpha value is -6.25. The fourth-order valence-electron chi connectivity index (χ4n) is 10.4. The molecule has 12 rings (SSSR count). The van der Waals surface area contributed by atoms with Gasteiger partial charge in [-0.1, -0.05) is 161 Å². The zero-order chi connectivity index (χ0) is 58.2. The number of aliphatic hydroxyl groups is 1. The van der Waals surface area contributed by atoms with E-state index in [-0.39, 0.29) is 50.7 Å². The third kappa shape index (κ3) is 11.0. The number of carbonyl (C=O) groups excluding carboxylic acids is 4. The van der Waals surface area contributed by atoms with Crippen molar-refractivity contribution in [3.63, 3.8) is 0 Å². The van der Waals surface area contributed by atoms with Gasteiger partial charge in [0.1, 0.15) is 10.3 Å². The molecule has 4 atom stereocenters. The summed E-state index contributed by atoms with van der Waals surface area (Å²) < 4.78 is 14.8. The number of imide groups is 2. The van der Waals surface area contributed by atoms with E-state index in [4.69, 9.17) is 55.3 Å². The summed E-state index contributed by atoms with van der Waals surface area (Å²) in [7, 11) is -3.65. The third-order valence-corrected chi connectivity index (χ3v) is 26.7. The number of nitrogens with zero attached hydrogens (tertiary/aromatic N) is 1. The van der Waals surface area contributed by atoms with Crippen molar-refractivity contribution in [3.05, 3.63) is 164 Å². The monoisotopic (exact) mass is 1200 g/mol. The van der Waals surface area contributed by atoms with Crippen molar-refractivity contribution in [2.24, 2.45) is 0 Å². The van der Waals surface area contributed by atoms with Gasteiger partial charge in [0.05, 0.1) is 52.2 Å². The van der Waals surface area contributed by atoms with Crippen LogP contribution in [-0.4, -0.2) is 83.2 Å². The smallest absolute Gasteiger partial charge is 0.259 e. The number of carbonyl (C=O) groups is 4. The van der Waals surface area contributed by atoms with Crippen LogP contribution in [-0.2, 0) is 28.0 Å². The van der Waals surface area contributed by atoms with Gasteiger partial charge in [-0.05, 0) is 72.7 Å². The zero-order valence-corrected chi connectivity index (χ0v) is 51.7. The molecule has 2 aliphatic carbocycles. The lowest BCUT2D eigenvalue weighted by atomic mass is 9.95. The number of aliphatic hydroxyl groups excluding tert-OH is 1. The highest BCUT2D eigenvalue weighted by Gasteiger charge is 2.43. The van der Waals surface area contributed by atoms with Crippen LogP contribution in [0.4, 0.5) is 0 Å². The minimum absolute atomic E-state index is 0.0422. The summed E-state index contributed by atoms with van der Waals surface area (Å²) in [6, 6.07) is 25.9. The Bertz CT molecular complexity index is 4020. The van der Waals surface area contributed by atoms with Crippen LogP contribution in [0.2, 0.25) is 56.6 Å². The first-order chi connectivity index (χ1) is 38.1. The maximum Gasteiger partial charge on any atom is 0.259 e. The van der Waals surface area contributed by atoms with E-state index in [1.165, 1.54) is 0 Å². The Morgan fingerprint density at radius 3 is 1.53 bits per heavy atom. The van der Waals surface area contributed by atoms with Crippen LogP contribution < -0.4 is 10.6 Å². The second-order valence-electron chi connectivity index (χ2n) is 24.0. The second-order valence-corrected chi connectivity index (χ2v) is 35.1. The molecule has 4 amide bonds. The quantitative estimate of drug-likeness (QED) is 0.0472. The molecule has 6 heterocycles. The van der Waals surface area contributed by atoms with Crippen molar-refractivity contribution in [2.75, 3.05) is 0 Å². The predicted molar refractivity (Wildman–Crippen MR) is 333 cm³/mol. The van der Waals surface area contributed by atoms with E-state index in [0.29, 0.717) is 60.5 Å². The molecule has 0 bridgehead atoms. The predicted octanol–water partition coefficient (Wildman–Crippen LogP) is 15.1. The molecule has 0 saturated carbocycles. The van der Waals surface area contributed by atoms with Gasteiger partial charge in [-0.15, -0.1) is 0 Å². The Morgan fingerprint density at radius 1 is 0.543 bits per heavy atom. The molecular formula is C62H64Cl4N6O7Si2. The van der Waals surface area contributed by atoms with Crippen LogP contribution in [0.5, 0.6) is 0 Å². The average Bonchev–Trinajstić information content (AvgIpc) is 3.59. The molecule has 4 aliphatic rings. The van der Waals surface area contributed by atoms with E-state index in [1.54, 1.807) is 36.7 Å². The number of para-hydroxylation sites is 2. The summed E-state index contributed by atoms with van der Waals surface area (Å²) in [5, 5.41) is 19.5. The number of H-pyrrole nitrogens is 3. The summed E-state index contributed by atoms with van der Waals surface area (Å²) in [6.07, 6.45) is 12.8. The number of rotatable bonds is 9. The van der Waals surface area contributed by atoms with Crippen LogP contribution >= 0.6 is 46.4 Å². The number of benzene rings is 4. The number of halogens is 4. The van der Waals surface area contributed by atoms with E-state index in [0.717, 1.165) is 44.5 Å². The van der Waals surface area contributed by atoms with Gasteiger partial charge in [0.15, 0.2) is 16.6 Å². The third-order valence-electron chi connectivity index (χ3n) is 16.6. The maximum atomic E-state index is 13.4. The molecule has 0 unspecified atom stereocenters. The normalized spacial score (nSPS) is 19.6. The number of fused-ring (bicyclic) bond motifs is 4. The van der Waals surface area contributed by atoms with E-state index >= 15 is 0 Å². The maximum absolute atomic E-state index is 13.4. The molecule has 19 heteroatoms. The molecule has 8 aromatic rings. The minimum Gasteiger partial charge on any atom is -0.410 e. The Morgan fingerprint density at radius 2 is 1.01 bits per heavy atom. The fourth-order valence-corrected chi connectivity index (χ4v) is 14.0. The van der Waals surface area contributed by atoms with E-state index in [1.807, 2.05) is 77.4 Å². The summed E-state index contributed by atoms with van der Waals surface area (Å²) in [6.45, 7) is 22.4. The molecule has 0 saturated heterocycles. The van der Waals surface area contributed by atoms with Crippen molar-refractivity contribution in [3.8, 4) is 0 Å². The van der Waals surface area contributed by atoms with Crippen molar-refractivity contribution in [1.82, 2.24) is 30.2 Å². The molecule has 6 N–H and O–H groups in total.